The van der Waals surface area contributed by atoms with Crippen molar-refractivity contribution in [2.75, 3.05) is 0 Å². The van der Waals surface area contributed by atoms with Crippen LogP contribution < -0.4 is 0 Å². The topological polar surface area (TPSA) is 34.9 Å². The Morgan fingerprint density at radius 1 is 1.44 bits per heavy atom. The number of nitrogens with zero attached hydrogens (tertiary/aromatic N) is 2. The first-order chi connectivity index (χ1) is 8.60. The van der Waals surface area contributed by atoms with E-state index < -0.39 is 0 Å². The summed E-state index contributed by atoms with van der Waals surface area (Å²) in [6, 6.07) is 7.83. The molecule has 0 unspecified atom stereocenters. The summed E-state index contributed by atoms with van der Waals surface area (Å²) in [5.41, 5.74) is 2.62. The van der Waals surface area contributed by atoms with Crippen LogP contribution in [0.25, 0.3) is 0 Å². The smallest absolute Gasteiger partial charge is 0.170 e. The molecule has 2 rings (SSSR count). The molecule has 0 aliphatic carbocycles. The van der Waals surface area contributed by atoms with Gasteiger partial charge in [0.2, 0.25) is 0 Å². The van der Waals surface area contributed by atoms with Gasteiger partial charge in [-0.2, -0.15) is 5.10 Å². The molecule has 0 spiro atoms. The molecule has 1 aromatic carbocycles. The van der Waals surface area contributed by atoms with Gasteiger partial charge in [-0.1, -0.05) is 35.0 Å². The predicted molar refractivity (Wildman–Crippen MR) is 74.8 cm³/mol. The Balaban J connectivity index is 2.21. The number of hydrogen-bond acceptors (Lipinski definition) is 2. The number of aromatic nitrogens is 2. The van der Waals surface area contributed by atoms with Gasteiger partial charge in [-0.05, 0) is 24.1 Å². The summed E-state index contributed by atoms with van der Waals surface area (Å²) in [4.78, 5) is 12.2. The van der Waals surface area contributed by atoms with E-state index in [2.05, 4.69) is 21.0 Å². The molecule has 94 valence electrons. The summed E-state index contributed by atoms with van der Waals surface area (Å²) in [6.07, 6.45) is 3.00. The number of aryl methyl sites for hydroxylation is 2. The van der Waals surface area contributed by atoms with Crippen LogP contribution >= 0.6 is 15.9 Å². The third-order valence-electron chi connectivity index (χ3n) is 2.79. The summed E-state index contributed by atoms with van der Waals surface area (Å²) in [7, 11) is 1.84. The molecule has 4 heteroatoms. The fourth-order valence-corrected chi connectivity index (χ4v) is 2.40. The first-order valence-corrected chi connectivity index (χ1v) is 6.69. The molecule has 1 heterocycles. The molecule has 0 radical (unpaired) electrons. The van der Waals surface area contributed by atoms with E-state index in [1.54, 1.807) is 10.9 Å². The molecule has 0 amide bonds. The van der Waals surface area contributed by atoms with Gasteiger partial charge in [0, 0.05) is 24.1 Å². The van der Waals surface area contributed by atoms with E-state index in [0.29, 0.717) is 6.42 Å². The van der Waals surface area contributed by atoms with Gasteiger partial charge in [0.1, 0.15) is 0 Å². The third-order valence-corrected chi connectivity index (χ3v) is 3.29. The predicted octanol–water partition coefficient (Wildman–Crippen LogP) is 3.17. The maximum atomic E-state index is 12.2. The fraction of sp³-hybridized carbons (Fsp3) is 0.286. The van der Waals surface area contributed by atoms with E-state index in [1.807, 2.05) is 38.2 Å². The van der Waals surface area contributed by atoms with Crippen LogP contribution in [0.4, 0.5) is 0 Å². The Bertz CT molecular complexity index is 575. The van der Waals surface area contributed by atoms with Crippen molar-refractivity contribution < 1.29 is 4.79 Å². The van der Waals surface area contributed by atoms with Gasteiger partial charge in [-0.15, -0.1) is 0 Å². The molecule has 0 aliphatic rings. The van der Waals surface area contributed by atoms with Gasteiger partial charge in [0.15, 0.2) is 5.78 Å². The van der Waals surface area contributed by atoms with E-state index >= 15 is 0 Å². The molecule has 0 fully saturated rings. The number of carbonyl (C=O) groups excluding carboxylic acids is 1. The Kier molecular flexibility index (Phi) is 3.97. The highest BCUT2D eigenvalue weighted by Gasteiger charge is 2.14. The summed E-state index contributed by atoms with van der Waals surface area (Å²) in [5, 5.41) is 4.30. The minimum atomic E-state index is 0.123. The average Bonchev–Trinajstić information content (AvgIpc) is 2.70. The highest BCUT2D eigenvalue weighted by atomic mass is 79.9. The van der Waals surface area contributed by atoms with Crippen LogP contribution in [0, 0.1) is 0 Å². The number of ketones is 1. The van der Waals surface area contributed by atoms with Crippen LogP contribution in [-0.4, -0.2) is 15.6 Å². The molecule has 3 nitrogen and oxygen atoms in total. The van der Waals surface area contributed by atoms with Gasteiger partial charge >= 0.3 is 0 Å². The van der Waals surface area contributed by atoms with E-state index in [-0.39, 0.29) is 5.78 Å². The Labute approximate surface area is 115 Å². The van der Waals surface area contributed by atoms with Crippen LogP contribution in [0.1, 0.15) is 28.5 Å². The maximum absolute atomic E-state index is 12.2. The van der Waals surface area contributed by atoms with E-state index in [9.17, 15) is 4.79 Å². The quantitative estimate of drug-likeness (QED) is 0.813. The van der Waals surface area contributed by atoms with Crippen molar-refractivity contribution in [3.05, 3.63) is 51.8 Å². The number of benzene rings is 1. The van der Waals surface area contributed by atoms with Crippen molar-refractivity contribution in [3.63, 3.8) is 0 Å². The second-order valence-corrected chi connectivity index (χ2v) is 5.16. The zero-order valence-corrected chi connectivity index (χ0v) is 12.1. The monoisotopic (exact) mass is 306 g/mol. The van der Waals surface area contributed by atoms with Crippen molar-refractivity contribution in [2.24, 2.45) is 7.05 Å². The first kappa shape index (κ1) is 13.0. The molecule has 18 heavy (non-hydrogen) atoms. The summed E-state index contributed by atoms with van der Waals surface area (Å²) < 4.78 is 2.70. The van der Waals surface area contributed by atoms with E-state index in [4.69, 9.17) is 0 Å². The molecule has 0 N–H and O–H groups in total. The lowest BCUT2D eigenvalue weighted by molar-refractivity contribution is 0.0992. The van der Waals surface area contributed by atoms with Gasteiger partial charge < -0.3 is 0 Å². The van der Waals surface area contributed by atoms with E-state index in [1.165, 1.54) is 0 Å². The Morgan fingerprint density at radius 2 is 2.22 bits per heavy atom. The van der Waals surface area contributed by atoms with Crippen LogP contribution in [0.3, 0.4) is 0 Å². The van der Waals surface area contributed by atoms with Crippen molar-refractivity contribution in [3.8, 4) is 0 Å². The molecule has 0 aliphatic heterocycles. The molecular weight excluding hydrogens is 292 g/mol. The molecule has 0 bridgehead atoms. The largest absolute Gasteiger partial charge is 0.294 e. The molecule has 0 atom stereocenters. The first-order valence-electron chi connectivity index (χ1n) is 5.90. The maximum Gasteiger partial charge on any atom is 0.170 e. The molecule has 2 aromatic rings. The molecular formula is C14H15BrN2O. The SMILES string of the molecule is CCc1nn(C)cc1C(=O)Cc1cccc(Br)c1. The van der Waals surface area contributed by atoms with Crippen molar-refractivity contribution in [1.29, 1.82) is 0 Å². The van der Waals surface area contributed by atoms with Gasteiger partial charge in [0.05, 0.1) is 11.3 Å². The normalized spacial score (nSPS) is 10.6. The number of hydrogen-bond donors (Lipinski definition) is 0. The lowest BCUT2D eigenvalue weighted by Crippen LogP contribution is -2.05. The average molecular weight is 307 g/mol. The number of rotatable bonds is 4. The lowest BCUT2D eigenvalue weighted by atomic mass is 10.0. The lowest BCUT2D eigenvalue weighted by Gasteiger charge is -2.01. The minimum Gasteiger partial charge on any atom is -0.294 e. The van der Waals surface area contributed by atoms with Crippen LogP contribution in [-0.2, 0) is 19.9 Å². The standard InChI is InChI=1S/C14H15BrN2O/c1-3-13-12(9-17(2)16-13)14(18)8-10-5-4-6-11(15)7-10/h4-7,9H,3,8H2,1-2H3. The van der Waals surface area contributed by atoms with Crippen molar-refractivity contribution in [1.82, 2.24) is 9.78 Å². The van der Waals surface area contributed by atoms with Crippen molar-refractivity contribution in [2.45, 2.75) is 19.8 Å². The highest BCUT2D eigenvalue weighted by molar-refractivity contribution is 9.10. The van der Waals surface area contributed by atoms with Gasteiger partial charge in [0.25, 0.3) is 0 Å². The number of halogens is 1. The molecule has 1 aromatic heterocycles. The Hall–Kier alpha value is -1.42. The number of carbonyl (C=O) groups is 1. The second kappa shape index (κ2) is 5.48. The minimum absolute atomic E-state index is 0.123. The number of Topliss-reactive ketones (excluding diaryl/α,β-unsaturated/α-hetero) is 1. The fourth-order valence-electron chi connectivity index (χ4n) is 1.96. The van der Waals surface area contributed by atoms with Gasteiger partial charge in [-0.3, -0.25) is 9.48 Å². The van der Waals surface area contributed by atoms with E-state index in [0.717, 1.165) is 27.7 Å². The van der Waals surface area contributed by atoms with Crippen LogP contribution in [0.2, 0.25) is 0 Å². The van der Waals surface area contributed by atoms with Gasteiger partial charge in [-0.25, -0.2) is 0 Å². The highest BCUT2D eigenvalue weighted by Crippen LogP contribution is 2.15. The van der Waals surface area contributed by atoms with Crippen molar-refractivity contribution >= 4 is 21.7 Å². The zero-order valence-electron chi connectivity index (χ0n) is 10.5. The summed E-state index contributed by atoms with van der Waals surface area (Å²) in [5.74, 6) is 0.123. The molecule has 0 saturated heterocycles. The van der Waals surface area contributed by atoms with Crippen LogP contribution in [0.15, 0.2) is 34.9 Å². The second-order valence-electron chi connectivity index (χ2n) is 4.25. The summed E-state index contributed by atoms with van der Waals surface area (Å²) in [6.45, 7) is 2.01. The van der Waals surface area contributed by atoms with Crippen LogP contribution in [0.5, 0.6) is 0 Å². The molecule has 0 saturated carbocycles. The Morgan fingerprint density at radius 3 is 2.89 bits per heavy atom. The zero-order chi connectivity index (χ0) is 13.1. The third kappa shape index (κ3) is 2.88. The summed E-state index contributed by atoms with van der Waals surface area (Å²) >= 11 is 3.41.